The molecule has 0 amide bonds. The molecular formula is C17H10F3N3O10S2. The van der Waals surface area contributed by atoms with Crippen LogP contribution < -0.4 is 10.8 Å². The van der Waals surface area contributed by atoms with E-state index in [1.807, 2.05) is 0 Å². The minimum atomic E-state index is -5.30. The van der Waals surface area contributed by atoms with Crippen molar-refractivity contribution in [1.29, 1.82) is 0 Å². The average molecular weight is 537 g/mol. The summed E-state index contributed by atoms with van der Waals surface area (Å²) in [5.74, 6) is -11.9. The molecule has 13 nitrogen and oxygen atoms in total. The van der Waals surface area contributed by atoms with E-state index in [9.17, 15) is 54.1 Å². The predicted octanol–water partition coefficient (Wildman–Crippen LogP) is 0.595. The summed E-state index contributed by atoms with van der Waals surface area (Å²) in [5.41, 5.74) is 0.507. The maximum absolute atomic E-state index is 14.2. The Bertz CT molecular complexity index is 1660. The standard InChI is InChI=1S/C17H10F3N3O10S2/c18-10-9(17(26)27)11(19)16(25)14(12(10)20)23-22-13-7(35(31,32)33)2-4-1-5(34(28,29)30)3-6(21)8(4)15(13)24/h1-3,24-25H,21H2,(H,26,27)(H,28,29,30)(H,31,32,33). The molecule has 0 saturated carbocycles. The van der Waals surface area contributed by atoms with Gasteiger partial charge in [0.15, 0.2) is 28.1 Å². The van der Waals surface area contributed by atoms with Crippen molar-refractivity contribution in [3.63, 3.8) is 0 Å². The number of aromatic hydroxyl groups is 2. The Balaban J connectivity index is 2.38. The minimum absolute atomic E-state index is 0.480. The lowest BCUT2D eigenvalue weighted by Gasteiger charge is -2.12. The molecule has 0 aliphatic carbocycles. The Kier molecular flexibility index (Phi) is 6.11. The number of carbonyl (C=O) groups is 1. The van der Waals surface area contributed by atoms with Crippen molar-refractivity contribution in [2.75, 3.05) is 5.73 Å². The molecule has 18 heteroatoms. The van der Waals surface area contributed by atoms with E-state index in [0.717, 1.165) is 0 Å². The summed E-state index contributed by atoms with van der Waals surface area (Å²) in [6.45, 7) is 0. The van der Waals surface area contributed by atoms with Gasteiger partial charge in [-0.1, -0.05) is 5.11 Å². The monoisotopic (exact) mass is 537 g/mol. The molecule has 0 fully saturated rings. The molecule has 3 aromatic rings. The topological polar surface area (TPSA) is 242 Å². The predicted molar refractivity (Wildman–Crippen MR) is 105 cm³/mol. The van der Waals surface area contributed by atoms with Crippen LogP contribution in [0.4, 0.5) is 30.2 Å². The second kappa shape index (κ2) is 8.34. The van der Waals surface area contributed by atoms with Crippen LogP contribution in [0.2, 0.25) is 0 Å². The highest BCUT2D eigenvalue weighted by Gasteiger charge is 2.32. The van der Waals surface area contributed by atoms with Gasteiger partial charge in [0.2, 0.25) is 11.4 Å². The number of nitrogens with two attached hydrogens (primary N) is 1. The quantitative estimate of drug-likeness (QED) is 0.0865. The molecule has 3 rings (SSSR count). The highest BCUT2D eigenvalue weighted by molar-refractivity contribution is 7.86. The maximum Gasteiger partial charge on any atom is 0.341 e. The highest BCUT2D eigenvalue weighted by Crippen LogP contribution is 2.40. The molecule has 186 valence electrons. The largest absolute Gasteiger partial charge is 0.744 e. The molecule has 0 bridgehead atoms. The number of nitrogens with zero attached hydrogens (tertiary/aromatic N) is 1. The van der Waals surface area contributed by atoms with Crippen LogP contribution >= 0.6 is 0 Å². The summed E-state index contributed by atoms with van der Waals surface area (Å²) in [6.07, 6.45) is 0. The molecule has 0 atom stereocenters. The van der Waals surface area contributed by atoms with Crippen LogP contribution in [-0.4, -0.2) is 47.2 Å². The number of halogens is 3. The van der Waals surface area contributed by atoms with Gasteiger partial charge in [-0.15, -0.1) is 0 Å². The second-order valence-electron chi connectivity index (χ2n) is 6.68. The Morgan fingerprint density at radius 2 is 1.60 bits per heavy atom. The number of anilines is 1. The second-order valence-corrected chi connectivity index (χ2v) is 9.45. The van der Waals surface area contributed by atoms with Gasteiger partial charge in [0.05, 0.1) is 10.3 Å². The van der Waals surface area contributed by atoms with Gasteiger partial charge in [0.25, 0.3) is 5.69 Å². The van der Waals surface area contributed by atoms with Crippen LogP contribution in [-0.2, 0) is 20.2 Å². The normalized spacial score (nSPS) is 12.5. The van der Waals surface area contributed by atoms with E-state index in [1.165, 1.54) is 0 Å². The molecule has 0 aliphatic rings. The molecule has 3 aromatic carbocycles. The van der Waals surface area contributed by atoms with Crippen LogP contribution in [0.5, 0.6) is 11.5 Å². The van der Waals surface area contributed by atoms with Crippen molar-refractivity contribution >= 4 is 54.0 Å². The van der Waals surface area contributed by atoms with Crippen LogP contribution in [0.1, 0.15) is 10.4 Å². The number of azo groups is 1. The number of rotatable bonds is 5. The minimum Gasteiger partial charge on any atom is -0.744 e. The number of aromatic carboxylic acids is 1. The fraction of sp³-hybridized carbons (Fsp3) is 0. The number of phenolic OH excluding ortho intramolecular Hbond substituents is 2. The van der Waals surface area contributed by atoms with E-state index in [-0.39, 0.29) is 0 Å². The summed E-state index contributed by atoms with van der Waals surface area (Å²) in [5, 5.41) is 32.7. The molecular weight excluding hydrogens is 527 g/mol. The first-order valence-electron chi connectivity index (χ1n) is 8.58. The summed E-state index contributed by atoms with van der Waals surface area (Å²) in [4.78, 5) is 8.70. The highest BCUT2D eigenvalue weighted by atomic mass is 32.2. The van der Waals surface area contributed by atoms with E-state index < -0.39 is 98.3 Å². The first-order chi connectivity index (χ1) is 16.0. The third-order valence-electron chi connectivity index (χ3n) is 4.51. The average Bonchev–Trinajstić information content (AvgIpc) is 2.71. The number of nitrogens with one attached hydrogen (secondary N) is 1. The number of hydrogen-bond donors (Lipinski definition) is 6. The van der Waals surface area contributed by atoms with E-state index in [0.29, 0.717) is 18.2 Å². The molecule has 0 spiro atoms. The van der Waals surface area contributed by atoms with E-state index in [2.05, 4.69) is 5.11 Å². The Morgan fingerprint density at radius 3 is 2.11 bits per heavy atom. The van der Waals surface area contributed by atoms with Crippen LogP contribution in [0, 0.1) is 17.5 Å². The van der Waals surface area contributed by atoms with Crippen molar-refractivity contribution in [2.24, 2.45) is 5.11 Å². The molecule has 0 unspecified atom stereocenters. The number of carboxylic acid groups (broad SMARTS) is 1. The van der Waals surface area contributed by atoms with Crippen molar-refractivity contribution in [2.45, 2.75) is 9.79 Å². The van der Waals surface area contributed by atoms with Gasteiger partial charge in [-0.2, -0.15) is 8.42 Å². The van der Waals surface area contributed by atoms with Crippen LogP contribution in [0.25, 0.3) is 10.8 Å². The SMILES string of the molecule is Nc1cc(S(=O)(=O)[O-])cc2cc(S(=O)(=O)O)c([NH+]=Nc3c(O)c(F)c(C(=O)O)c(F)c3F)c(O)c12. The third-order valence-corrected chi connectivity index (χ3v) is 6.20. The fourth-order valence-corrected chi connectivity index (χ4v) is 4.21. The summed E-state index contributed by atoms with van der Waals surface area (Å²) in [6, 6.07) is 1.75. The van der Waals surface area contributed by atoms with Gasteiger partial charge in [-0.05, 0) is 23.6 Å². The lowest BCUT2D eigenvalue weighted by Crippen LogP contribution is -2.58. The zero-order valence-corrected chi connectivity index (χ0v) is 18.1. The molecule has 0 aromatic heterocycles. The van der Waals surface area contributed by atoms with Gasteiger partial charge in [0.1, 0.15) is 15.7 Å². The van der Waals surface area contributed by atoms with E-state index >= 15 is 0 Å². The van der Waals surface area contributed by atoms with Gasteiger partial charge in [-0.25, -0.2) is 26.4 Å². The number of fused-ring (bicyclic) bond motifs is 1. The number of phenols is 2. The number of nitrogen functional groups attached to an aromatic ring is 1. The van der Waals surface area contributed by atoms with Gasteiger partial charge < -0.3 is 25.6 Å². The first kappa shape index (κ1) is 25.6. The third kappa shape index (κ3) is 4.41. The zero-order chi connectivity index (χ0) is 26.6. The number of hydrogen-bond acceptors (Lipinski definition) is 10. The molecule has 0 radical (unpaired) electrons. The maximum atomic E-state index is 14.2. The first-order valence-corrected chi connectivity index (χ1v) is 11.4. The molecule has 0 saturated heterocycles. The summed E-state index contributed by atoms with van der Waals surface area (Å²) in [7, 11) is -10.4. The lowest BCUT2D eigenvalue weighted by atomic mass is 10.1. The molecule has 0 heterocycles. The Morgan fingerprint density at radius 1 is 1.00 bits per heavy atom. The lowest BCUT2D eigenvalue weighted by molar-refractivity contribution is -0.437. The molecule has 0 aliphatic heterocycles. The van der Waals surface area contributed by atoms with Gasteiger partial charge in [0, 0.05) is 10.8 Å². The number of benzene rings is 3. The molecule has 35 heavy (non-hydrogen) atoms. The summed E-state index contributed by atoms with van der Waals surface area (Å²) < 4.78 is 109. The summed E-state index contributed by atoms with van der Waals surface area (Å²) >= 11 is 0. The van der Waals surface area contributed by atoms with Crippen molar-refractivity contribution in [1.82, 2.24) is 0 Å². The van der Waals surface area contributed by atoms with Crippen molar-refractivity contribution < 1.29 is 64.3 Å². The Labute approximate surface area is 192 Å². The van der Waals surface area contributed by atoms with E-state index in [1.54, 1.807) is 5.11 Å². The van der Waals surface area contributed by atoms with Crippen LogP contribution in [0.3, 0.4) is 0 Å². The van der Waals surface area contributed by atoms with Gasteiger partial charge in [-0.3, -0.25) is 4.55 Å². The van der Waals surface area contributed by atoms with Crippen molar-refractivity contribution in [3.05, 3.63) is 41.2 Å². The zero-order valence-electron chi connectivity index (χ0n) is 16.4. The smallest absolute Gasteiger partial charge is 0.341 e. The number of carboxylic acids is 1. The Hall–Kier alpha value is -4.00. The van der Waals surface area contributed by atoms with Crippen molar-refractivity contribution in [3.8, 4) is 11.5 Å². The fourth-order valence-electron chi connectivity index (χ4n) is 3.00. The van der Waals surface area contributed by atoms with Crippen LogP contribution in [0.15, 0.2) is 33.1 Å². The van der Waals surface area contributed by atoms with E-state index in [4.69, 9.17) is 10.8 Å². The molecule has 7 N–H and O–H groups in total. The van der Waals surface area contributed by atoms with Gasteiger partial charge >= 0.3 is 16.1 Å².